The Morgan fingerprint density at radius 3 is 2.71 bits per heavy atom. The van der Waals surface area contributed by atoms with Crippen molar-refractivity contribution in [1.82, 2.24) is 9.88 Å². The quantitative estimate of drug-likeness (QED) is 0.453. The molecule has 3 heterocycles. The molecule has 4 aromatic rings. The zero-order chi connectivity index (χ0) is 21.0. The number of fused-ring (bicyclic) bond motifs is 1. The van der Waals surface area contributed by atoms with Crippen LogP contribution in [0.2, 0.25) is 0 Å². The number of oxazole rings is 1. The number of hydrogen-bond donors (Lipinski definition) is 1. The summed E-state index contributed by atoms with van der Waals surface area (Å²) in [7, 11) is 0. The molecule has 1 fully saturated rings. The Kier molecular flexibility index (Phi) is 5.42. The lowest BCUT2D eigenvalue weighted by molar-refractivity contribution is 0.224. The summed E-state index contributed by atoms with van der Waals surface area (Å²) in [4.78, 5) is 6.85. The van der Waals surface area contributed by atoms with Gasteiger partial charge in [0.05, 0.1) is 18.7 Å². The molecule has 5 rings (SSSR count). The van der Waals surface area contributed by atoms with Crippen LogP contribution in [-0.2, 0) is 6.42 Å². The van der Waals surface area contributed by atoms with Crippen LogP contribution in [0.1, 0.15) is 41.8 Å². The number of nitrogens with zero attached hydrogens (tertiary/aromatic N) is 3. The summed E-state index contributed by atoms with van der Waals surface area (Å²) in [6.07, 6.45) is 4.62. The van der Waals surface area contributed by atoms with Gasteiger partial charge in [-0.3, -0.25) is 4.90 Å². The average Bonchev–Trinajstić information content (AvgIpc) is 3.57. The van der Waals surface area contributed by atoms with Crippen molar-refractivity contribution >= 4 is 16.7 Å². The highest BCUT2D eigenvalue weighted by atomic mass is 16.4. The van der Waals surface area contributed by atoms with Crippen molar-refractivity contribution in [3.05, 3.63) is 83.8 Å². The second-order valence-corrected chi connectivity index (χ2v) is 7.87. The minimum absolute atomic E-state index is 0.0932. The first-order valence-electron chi connectivity index (χ1n) is 10.7. The van der Waals surface area contributed by atoms with Crippen LogP contribution < -0.4 is 5.32 Å². The lowest BCUT2D eigenvalue weighted by Gasteiger charge is -2.25. The van der Waals surface area contributed by atoms with Gasteiger partial charge >= 0.3 is 0 Å². The van der Waals surface area contributed by atoms with E-state index in [-0.39, 0.29) is 11.7 Å². The Morgan fingerprint density at radius 2 is 1.90 bits per heavy atom. The minimum atomic E-state index is 0.0932. The maximum Gasteiger partial charge on any atom is 0.232 e. The third kappa shape index (κ3) is 4.05. The van der Waals surface area contributed by atoms with Gasteiger partial charge in [0.15, 0.2) is 0 Å². The highest BCUT2D eigenvalue weighted by Crippen LogP contribution is 2.28. The molecular weight excluding hydrogens is 388 g/mol. The van der Waals surface area contributed by atoms with E-state index >= 15 is 0 Å². The van der Waals surface area contributed by atoms with Gasteiger partial charge in [-0.15, -0.1) is 0 Å². The van der Waals surface area contributed by atoms with Gasteiger partial charge in [-0.1, -0.05) is 42.5 Å². The maximum absolute atomic E-state index is 9.59. The Balaban J connectivity index is 1.36. The van der Waals surface area contributed by atoms with E-state index < -0.39 is 0 Å². The van der Waals surface area contributed by atoms with Gasteiger partial charge in [0.2, 0.25) is 17.5 Å². The Labute approximate surface area is 181 Å². The summed E-state index contributed by atoms with van der Waals surface area (Å²) in [5.74, 6) is 1.88. The van der Waals surface area contributed by atoms with Gasteiger partial charge in [0.25, 0.3) is 0 Å². The molecule has 6 nitrogen and oxygen atoms in total. The fourth-order valence-corrected chi connectivity index (χ4v) is 4.38. The molecule has 2 aromatic carbocycles. The Hall–Kier alpha value is -3.56. The van der Waals surface area contributed by atoms with Crippen LogP contribution in [0.25, 0.3) is 10.8 Å². The molecule has 0 amide bonds. The number of likely N-dealkylation sites (tertiary alicyclic amines) is 1. The van der Waals surface area contributed by atoms with Gasteiger partial charge < -0.3 is 14.2 Å². The van der Waals surface area contributed by atoms with Crippen molar-refractivity contribution in [3.8, 4) is 6.07 Å². The first-order chi connectivity index (χ1) is 15.3. The van der Waals surface area contributed by atoms with Crippen LogP contribution >= 0.6 is 0 Å². The molecule has 31 heavy (non-hydrogen) atoms. The molecule has 1 aliphatic rings. The average molecular weight is 412 g/mol. The van der Waals surface area contributed by atoms with Gasteiger partial charge in [-0.05, 0) is 54.4 Å². The summed E-state index contributed by atoms with van der Waals surface area (Å²) >= 11 is 0. The van der Waals surface area contributed by atoms with Crippen LogP contribution in [0, 0.1) is 11.3 Å². The van der Waals surface area contributed by atoms with Crippen LogP contribution in [0.4, 0.5) is 5.88 Å². The van der Waals surface area contributed by atoms with Gasteiger partial charge in [-0.2, -0.15) is 5.26 Å². The van der Waals surface area contributed by atoms with Gasteiger partial charge in [0, 0.05) is 6.54 Å². The number of benzene rings is 2. The van der Waals surface area contributed by atoms with E-state index in [1.54, 1.807) is 6.26 Å². The standard InChI is InChI=1S/C25H24N4O2/c26-16-21-25(27-17-22(23-11-6-14-30-23)29-12-3-4-13-29)31-24(28-21)15-19-9-5-8-18-7-1-2-10-20(18)19/h1-2,5-11,14,22,27H,3-4,12-13,15,17H2/t22-/m0/s1. The van der Waals surface area contributed by atoms with Crippen molar-refractivity contribution in [2.24, 2.45) is 0 Å². The van der Waals surface area contributed by atoms with E-state index in [1.165, 1.54) is 23.6 Å². The smallest absolute Gasteiger partial charge is 0.232 e. The summed E-state index contributed by atoms with van der Waals surface area (Å²) in [6, 6.07) is 20.6. The Morgan fingerprint density at radius 1 is 1.06 bits per heavy atom. The number of nitriles is 1. The molecule has 1 aliphatic heterocycles. The minimum Gasteiger partial charge on any atom is -0.468 e. The van der Waals surface area contributed by atoms with E-state index in [9.17, 15) is 5.26 Å². The summed E-state index contributed by atoms with van der Waals surface area (Å²) in [5.41, 5.74) is 1.41. The van der Waals surface area contributed by atoms with Crippen LogP contribution in [-0.4, -0.2) is 29.5 Å². The lowest BCUT2D eigenvalue weighted by Crippen LogP contribution is -2.30. The SMILES string of the molecule is N#Cc1nc(Cc2cccc3ccccc23)oc1NC[C@@H](c1ccco1)N1CCCC1. The topological polar surface area (TPSA) is 78.2 Å². The predicted molar refractivity (Wildman–Crippen MR) is 119 cm³/mol. The van der Waals surface area contributed by atoms with Crippen molar-refractivity contribution in [1.29, 1.82) is 5.26 Å². The van der Waals surface area contributed by atoms with Crippen molar-refractivity contribution in [3.63, 3.8) is 0 Å². The lowest BCUT2D eigenvalue weighted by atomic mass is 10.0. The van der Waals surface area contributed by atoms with Gasteiger partial charge in [-0.25, -0.2) is 4.98 Å². The summed E-state index contributed by atoms with van der Waals surface area (Å²) < 4.78 is 11.7. The molecule has 0 spiro atoms. The van der Waals surface area contributed by atoms with E-state index in [1.807, 2.05) is 30.3 Å². The Bertz CT molecular complexity index is 1190. The van der Waals surface area contributed by atoms with Crippen molar-refractivity contribution in [2.75, 3.05) is 25.0 Å². The monoisotopic (exact) mass is 412 g/mol. The second-order valence-electron chi connectivity index (χ2n) is 7.87. The number of nitrogens with one attached hydrogen (secondary N) is 1. The molecule has 0 bridgehead atoms. The number of furan rings is 1. The predicted octanol–water partition coefficient (Wildman–Crippen LogP) is 5.13. The fraction of sp³-hybridized carbons (Fsp3) is 0.280. The van der Waals surface area contributed by atoms with E-state index in [0.29, 0.717) is 24.7 Å². The molecule has 2 aromatic heterocycles. The number of aromatic nitrogens is 1. The molecule has 156 valence electrons. The first kappa shape index (κ1) is 19.4. The molecule has 0 unspecified atom stereocenters. The largest absolute Gasteiger partial charge is 0.468 e. The maximum atomic E-state index is 9.59. The summed E-state index contributed by atoms with van der Waals surface area (Å²) in [6.45, 7) is 2.67. The normalized spacial score (nSPS) is 15.2. The molecule has 0 radical (unpaired) electrons. The second kappa shape index (κ2) is 8.66. The molecule has 1 saturated heterocycles. The number of rotatable bonds is 7. The highest BCUT2D eigenvalue weighted by molar-refractivity contribution is 5.85. The van der Waals surface area contributed by atoms with Crippen molar-refractivity contribution < 1.29 is 8.83 Å². The van der Waals surface area contributed by atoms with Crippen LogP contribution in [0.3, 0.4) is 0 Å². The third-order valence-electron chi connectivity index (χ3n) is 5.91. The van der Waals surface area contributed by atoms with E-state index in [4.69, 9.17) is 8.83 Å². The fourth-order valence-electron chi connectivity index (χ4n) is 4.38. The first-order valence-corrected chi connectivity index (χ1v) is 10.7. The zero-order valence-corrected chi connectivity index (χ0v) is 17.3. The highest BCUT2D eigenvalue weighted by Gasteiger charge is 2.26. The number of anilines is 1. The third-order valence-corrected chi connectivity index (χ3v) is 5.91. The summed E-state index contributed by atoms with van der Waals surface area (Å²) in [5, 5.41) is 15.3. The van der Waals surface area contributed by atoms with Gasteiger partial charge in [0.1, 0.15) is 11.8 Å². The molecule has 1 atom stereocenters. The molecule has 0 saturated carbocycles. The van der Waals surface area contributed by atoms with Crippen LogP contribution in [0.5, 0.6) is 0 Å². The molecule has 0 aliphatic carbocycles. The number of hydrogen-bond acceptors (Lipinski definition) is 6. The molecule has 1 N–H and O–H groups in total. The zero-order valence-electron chi connectivity index (χ0n) is 17.3. The van der Waals surface area contributed by atoms with E-state index in [0.717, 1.165) is 24.4 Å². The van der Waals surface area contributed by atoms with E-state index in [2.05, 4.69) is 45.5 Å². The molecular formula is C25H24N4O2. The van der Waals surface area contributed by atoms with Crippen LogP contribution in [0.15, 0.2) is 69.7 Å². The van der Waals surface area contributed by atoms with Crippen molar-refractivity contribution in [2.45, 2.75) is 25.3 Å². The molecule has 6 heteroatoms.